The quantitative estimate of drug-likeness (QED) is 0.910. The fraction of sp³-hybridized carbons (Fsp3) is 0.450. The molecule has 4 bridgehead atoms. The van der Waals surface area contributed by atoms with E-state index in [0.29, 0.717) is 6.04 Å². The third-order valence-corrected chi connectivity index (χ3v) is 6.25. The summed E-state index contributed by atoms with van der Waals surface area (Å²) in [5, 5.41) is 4.59. The number of rotatable bonds is 3. The van der Waals surface area contributed by atoms with Crippen LogP contribution in [0.4, 0.5) is 5.69 Å². The summed E-state index contributed by atoms with van der Waals surface area (Å²) in [4.78, 5) is 7.13. The molecule has 3 aliphatic heterocycles. The second kappa shape index (κ2) is 5.75. The lowest BCUT2D eigenvalue weighted by Gasteiger charge is -2.56. The van der Waals surface area contributed by atoms with Gasteiger partial charge in [-0.05, 0) is 54.4 Å². The predicted molar refractivity (Wildman–Crippen MR) is 98.2 cm³/mol. The molecule has 6 rings (SSSR count). The molecule has 4 fully saturated rings. The molecule has 1 N–H and O–H groups in total. The zero-order valence-electron chi connectivity index (χ0n) is 13.7. The molecule has 4 aliphatic rings. The van der Waals surface area contributed by atoms with E-state index in [1.165, 1.54) is 32.5 Å². The predicted octanol–water partition coefficient (Wildman–Crippen LogP) is 4.15. The fourth-order valence-corrected chi connectivity index (χ4v) is 5.37. The van der Waals surface area contributed by atoms with E-state index in [-0.39, 0.29) is 0 Å². The SMILES string of the molecule is Clc1cccc(-c2cncc(NC3C4CC5CC3CN(C5)C4)c2)c1. The number of pyridine rings is 1. The van der Waals surface area contributed by atoms with Gasteiger partial charge in [0, 0.05) is 48.7 Å². The summed E-state index contributed by atoms with van der Waals surface area (Å²) in [5.74, 6) is 2.54. The van der Waals surface area contributed by atoms with Crippen LogP contribution in [-0.4, -0.2) is 35.6 Å². The van der Waals surface area contributed by atoms with Crippen LogP contribution in [0.25, 0.3) is 11.1 Å². The van der Waals surface area contributed by atoms with E-state index < -0.39 is 0 Å². The maximum atomic E-state index is 6.13. The van der Waals surface area contributed by atoms with Gasteiger partial charge in [0.05, 0.1) is 5.69 Å². The maximum Gasteiger partial charge on any atom is 0.0535 e. The molecule has 24 heavy (non-hydrogen) atoms. The number of nitrogens with zero attached hydrogens (tertiary/aromatic N) is 2. The van der Waals surface area contributed by atoms with Crippen molar-refractivity contribution in [2.45, 2.75) is 18.9 Å². The number of benzene rings is 1. The number of aromatic nitrogens is 1. The fourth-order valence-electron chi connectivity index (χ4n) is 5.18. The minimum Gasteiger partial charge on any atom is -0.380 e. The second-order valence-electron chi connectivity index (χ2n) is 7.72. The van der Waals surface area contributed by atoms with Gasteiger partial charge in [0.25, 0.3) is 0 Å². The molecule has 4 heteroatoms. The maximum absolute atomic E-state index is 6.13. The van der Waals surface area contributed by atoms with E-state index in [1.54, 1.807) is 0 Å². The van der Waals surface area contributed by atoms with E-state index in [2.05, 4.69) is 27.3 Å². The molecule has 2 atom stereocenters. The number of hydrogen-bond acceptors (Lipinski definition) is 3. The molecule has 4 heterocycles. The van der Waals surface area contributed by atoms with Gasteiger partial charge in [0.1, 0.15) is 0 Å². The number of halogens is 1. The Morgan fingerprint density at radius 1 is 1.00 bits per heavy atom. The third kappa shape index (κ3) is 2.60. The lowest BCUT2D eigenvalue weighted by atomic mass is 9.65. The Labute approximate surface area is 148 Å². The lowest BCUT2D eigenvalue weighted by Crippen LogP contribution is -2.62. The monoisotopic (exact) mass is 339 g/mol. The first-order valence-electron chi connectivity index (χ1n) is 8.94. The van der Waals surface area contributed by atoms with Crippen molar-refractivity contribution in [2.75, 3.05) is 25.0 Å². The molecule has 3 nitrogen and oxygen atoms in total. The van der Waals surface area contributed by atoms with Crippen LogP contribution in [-0.2, 0) is 0 Å². The van der Waals surface area contributed by atoms with Crippen molar-refractivity contribution in [1.29, 1.82) is 0 Å². The summed E-state index contributed by atoms with van der Waals surface area (Å²) in [7, 11) is 0. The van der Waals surface area contributed by atoms with Crippen LogP contribution < -0.4 is 5.32 Å². The first-order chi connectivity index (χ1) is 11.7. The van der Waals surface area contributed by atoms with Crippen molar-refractivity contribution >= 4 is 17.3 Å². The molecule has 3 saturated heterocycles. The second-order valence-corrected chi connectivity index (χ2v) is 8.16. The van der Waals surface area contributed by atoms with Crippen LogP contribution in [0.15, 0.2) is 42.7 Å². The highest BCUT2D eigenvalue weighted by Crippen LogP contribution is 2.44. The molecule has 1 aromatic carbocycles. The molecular formula is C20H22ClN3. The molecule has 1 aliphatic carbocycles. The van der Waals surface area contributed by atoms with Gasteiger partial charge in [-0.2, -0.15) is 0 Å². The third-order valence-electron chi connectivity index (χ3n) is 6.02. The van der Waals surface area contributed by atoms with Crippen LogP contribution in [0.2, 0.25) is 5.02 Å². The molecule has 2 aromatic rings. The molecule has 0 amide bonds. The Hall–Kier alpha value is -1.58. The van der Waals surface area contributed by atoms with Crippen LogP contribution in [0, 0.1) is 17.8 Å². The highest BCUT2D eigenvalue weighted by Gasteiger charge is 2.47. The van der Waals surface area contributed by atoms with Gasteiger partial charge in [-0.3, -0.25) is 4.98 Å². The number of anilines is 1. The lowest BCUT2D eigenvalue weighted by molar-refractivity contribution is -0.0269. The Morgan fingerprint density at radius 3 is 2.58 bits per heavy atom. The molecule has 1 saturated carbocycles. The average molecular weight is 340 g/mol. The molecule has 2 unspecified atom stereocenters. The van der Waals surface area contributed by atoms with Gasteiger partial charge in [-0.15, -0.1) is 0 Å². The van der Waals surface area contributed by atoms with Crippen molar-refractivity contribution in [2.24, 2.45) is 17.8 Å². The smallest absolute Gasteiger partial charge is 0.0535 e. The summed E-state index contributed by atoms with van der Waals surface area (Å²) < 4.78 is 0. The van der Waals surface area contributed by atoms with Gasteiger partial charge in [0.15, 0.2) is 0 Å². The highest BCUT2D eigenvalue weighted by molar-refractivity contribution is 6.30. The largest absolute Gasteiger partial charge is 0.380 e. The molecule has 0 spiro atoms. The molecular weight excluding hydrogens is 318 g/mol. The standard InChI is InChI=1S/C20H22ClN3/c21-18-3-1-2-14(6-18)15-7-19(9-22-8-15)23-20-16-4-13-5-17(20)12-24(10-13)11-16/h1-3,6-9,13,16-17,20,23H,4-5,10-12H2. The van der Waals surface area contributed by atoms with Crippen LogP contribution in [0.1, 0.15) is 12.8 Å². The van der Waals surface area contributed by atoms with Crippen molar-refractivity contribution < 1.29 is 0 Å². The topological polar surface area (TPSA) is 28.2 Å². The number of piperidine rings is 3. The Bertz CT molecular complexity index is 732. The first kappa shape index (κ1) is 14.7. The van der Waals surface area contributed by atoms with Crippen molar-refractivity contribution in [3.8, 4) is 11.1 Å². The summed E-state index contributed by atoms with van der Waals surface area (Å²) in [6.45, 7) is 3.88. The zero-order valence-corrected chi connectivity index (χ0v) is 14.4. The van der Waals surface area contributed by atoms with E-state index in [1.807, 2.05) is 30.6 Å². The first-order valence-corrected chi connectivity index (χ1v) is 9.32. The van der Waals surface area contributed by atoms with Crippen LogP contribution in [0.3, 0.4) is 0 Å². The van der Waals surface area contributed by atoms with Gasteiger partial charge >= 0.3 is 0 Å². The molecule has 1 aromatic heterocycles. The van der Waals surface area contributed by atoms with Crippen molar-refractivity contribution in [3.05, 3.63) is 47.7 Å². The van der Waals surface area contributed by atoms with Gasteiger partial charge in [-0.25, -0.2) is 0 Å². The number of hydrogen-bond donors (Lipinski definition) is 1. The Balaban J connectivity index is 1.39. The van der Waals surface area contributed by atoms with E-state index in [0.717, 1.165) is 39.6 Å². The Kier molecular flexibility index (Phi) is 3.53. The van der Waals surface area contributed by atoms with Crippen LogP contribution in [0.5, 0.6) is 0 Å². The van der Waals surface area contributed by atoms with Crippen molar-refractivity contribution in [1.82, 2.24) is 9.88 Å². The van der Waals surface area contributed by atoms with E-state index in [9.17, 15) is 0 Å². The highest BCUT2D eigenvalue weighted by atomic mass is 35.5. The van der Waals surface area contributed by atoms with E-state index >= 15 is 0 Å². The summed E-state index contributed by atoms with van der Waals surface area (Å²) in [5.41, 5.74) is 3.38. The van der Waals surface area contributed by atoms with E-state index in [4.69, 9.17) is 11.6 Å². The molecule has 124 valence electrons. The normalized spacial score (nSPS) is 33.6. The zero-order chi connectivity index (χ0) is 16.1. The minimum absolute atomic E-state index is 0.606. The minimum atomic E-state index is 0.606. The van der Waals surface area contributed by atoms with Crippen molar-refractivity contribution in [3.63, 3.8) is 0 Å². The Morgan fingerprint density at radius 2 is 1.83 bits per heavy atom. The summed E-state index contributed by atoms with van der Waals surface area (Å²) in [6, 6.07) is 10.8. The molecule has 0 radical (unpaired) electrons. The summed E-state index contributed by atoms with van der Waals surface area (Å²) >= 11 is 6.13. The van der Waals surface area contributed by atoms with Crippen LogP contribution >= 0.6 is 11.6 Å². The van der Waals surface area contributed by atoms with Gasteiger partial charge in [0.2, 0.25) is 0 Å². The summed E-state index contributed by atoms with van der Waals surface area (Å²) in [6.07, 6.45) is 6.66. The number of nitrogens with one attached hydrogen (secondary N) is 1. The van der Waals surface area contributed by atoms with Gasteiger partial charge in [-0.1, -0.05) is 23.7 Å². The average Bonchev–Trinajstić information content (AvgIpc) is 2.58. The van der Waals surface area contributed by atoms with Gasteiger partial charge < -0.3 is 10.2 Å².